The average molecular weight is 301 g/mol. The molecular formula is C10H26Cl2N2Si2. The molecule has 2 unspecified atom stereocenters. The Morgan fingerprint density at radius 2 is 0.875 bits per heavy atom. The van der Waals surface area contributed by atoms with Crippen molar-refractivity contribution in [3.63, 3.8) is 0 Å². The zero-order chi connectivity index (χ0) is 13.0. The summed E-state index contributed by atoms with van der Waals surface area (Å²) in [5, 5.41) is 0. The molecule has 0 aliphatic heterocycles. The molecule has 6 heteroatoms. The van der Waals surface area contributed by atoms with Crippen LogP contribution in [0, 0.1) is 0 Å². The lowest BCUT2D eigenvalue weighted by molar-refractivity contribution is 0.459. The molecular weight excluding hydrogens is 275 g/mol. The summed E-state index contributed by atoms with van der Waals surface area (Å²) in [5.41, 5.74) is 0. The van der Waals surface area contributed by atoms with Crippen molar-refractivity contribution in [1.82, 2.24) is 9.13 Å². The molecule has 0 aromatic heterocycles. The van der Waals surface area contributed by atoms with Gasteiger partial charge in [-0.1, -0.05) is 27.7 Å². The van der Waals surface area contributed by atoms with E-state index in [0.29, 0.717) is 0 Å². The zero-order valence-corrected chi connectivity index (χ0v) is 15.0. The van der Waals surface area contributed by atoms with Gasteiger partial charge in [0.15, 0.2) is 0 Å². The largest absolute Gasteiger partial charge is 0.313 e. The Bertz CT molecular complexity index is 183. The Morgan fingerprint density at radius 3 is 1.00 bits per heavy atom. The van der Waals surface area contributed by atoms with Gasteiger partial charge in [-0.05, 0) is 39.3 Å². The molecule has 0 saturated carbocycles. The summed E-state index contributed by atoms with van der Waals surface area (Å²) in [4.78, 5) is 0. The molecule has 2 nitrogen and oxygen atoms in total. The van der Waals surface area contributed by atoms with Crippen molar-refractivity contribution in [3.8, 4) is 0 Å². The predicted octanol–water partition coefficient (Wildman–Crippen LogP) is 3.37. The molecule has 0 aliphatic carbocycles. The van der Waals surface area contributed by atoms with E-state index in [1.54, 1.807) is 0 Å². The normalized spacial score (nSPS) is 19.9. The summed E-state index contributed by atoms with van der Waals surface area (Å²) < 4.78 is 4.79. The van der Waals surface area contributed by atoms with Crippen LogP contribution >= 0.6 is 22.2 Å². The summed E-state index contributed by atoms with van der Waals surface area (Å²) >= 11 is 13.8. The van der Waals surface area contributed by atoms with Gasteiger partial charge >= 0.3 is 0 Å². The Kier molecular flexibility index (Phi) is 7.15. The Labute approximate surface area is 112 Å². The molecule has 0 radical (unpaired) electrons. The number of hydrogen-bond donors (Lipinski definition) is 0. The zero-order valence-electron chi connectivity index (χ0n) is 11.5. The maximum absolute atomic E-state index is 6.90. The second-order valence-electron chi connectivity index (χ2n) is 4.25. The highest BCUT2D eigenvalue weighted by molar-refractivity contribution is 7.69. The molecule has 0 aromatic rings. The lowest BCUT2D eigenvalue weighted by Crippen LogP contribution is -2.70. The fourth-order valence-corrected chi connectivity index (χ4v) is 14.7. The van der Waals surface area contributed by atoms with Crippen molar-refractivity contribution in [2.75, 3.05) is 26.2 Å². The summed E-state index contributed by atoms with van der Waals surface area (Å²) in [7, 11) is -4.06. The first-order valence-corrected chi connectivity index (χ1v) is 14.1. The minimum atomic E-state index is -2.03. The van der Waals surface area contributed by atoms with Crippen LogP contribution in [-0.2, 0) is 0 Å². The van der Waals surface area contributed by atoms with Gasteiger partial charge in [0, 0.05) is 0 Å². The second kappa shape index (κ2) is 6.76. The second-order valence-corrected chi connectivity index (χ2v) is 21.5. The van der Waals surface area contributed by atoms with Gasteiger partial charge in [0.1, 0.15) is 0 Å². The first kappa shape index (κ1) is 16.9. The third kappa shape index (κ3) is 3.24. The number of rotatable bonds is 7. The highest BCUT2D eigenvalue weighted by atomic mass is 35.6. The van der Waals surface area contributed by atoms with Gasteiger partial charge in [0.25, 0.3) is 0 Å². The van der Waals surface area contributed by atoms with E-state index in [2.05, 4.69) is 49.9 Å². The van der Waals surface area contributed by atoms with Crippen molar-refractivity contribution in [3.05, 3.63) is 0 Å². The van der Waals surface area contributed by atoms with Crippen LogP contribution < -0.4 is 0 Å². The van der Waals surface area contributed by atoms with E-state index in [1.807, 2.05) is 0 Å². The lowest BCUT2D eigenvalue weighted by atomic mass is 10.7. The van der Waals surface area contributed by atoms with Crippen molar-refractivity contribution >= 4 is 36.3 Å². The molecule has 0 spiro atoms. The first-order valence-electron chi connectivity index (χ1n) is 6.17. The van der Waals surface area contributed by atoms with Crippen LogP contribution in [0.2, 0.25) is 13.1 Å². The van der Waals surface area contributed by atoms with Gasteiger partial charge in [0.2, 0.25) is 14.1 Å². The van der Waals surface area contributed by atoms with Crippen molar-refractivity contribution in [2.45, 2.75) is 40.8 Å². The van der Waals surface area contributed by atoms with Crippen LogP contribution in [-0.4, -0.2) is 49.4 Å². The van der Waals surface area contributed by atoms with Crippen LogP contribution in [0.3, 0.4) is 0 Å². The highest BCUT2D eigenvalue weighted by Gasteiger charge is 2.54. The Hall–Kier alpha value is 0.934. The van der Waals surface area contributed by atoms with Crippen molar-refractivity contribution in [1.29, 1.82) is 0 Å². The van der Waals surface area contributed by atoms with Gasteiger partial charge in [-0.15, -0.1) is 22.2 Å². The number of nitrogens with zero attached hydrogens (tertiary/aromatic N) is 2. The van der Waals surface area contributed by atoms with E-state index in [1.165, 1.54) is 0 Å². The SMILES string of the molecule is CCN(CC)[Si](C)(Cl)[Si](C)(Cl)N(CC)CC. The van der Waals surface area contributed by atoms with Crippen LogP contribution in [0.5, 0.6) is 0 Å². The van der Waals surface area contributed by atoms with E-state index < -0.39 is 14.1 Å². The average Bonchev–Trinajstić information content (AvgIpc) is 2.20. The van der Waals surface area contributed by atoms with E-state index in [0.717, 1.165) is 26.2 Å². The smallest absolute Gasteiger partial charge is 0.248 e. The lowest BCUT2D eigenvalue weighted by Gasteiger charge is -2.46. The molecule has 2 atom stereocenters. The summed E-state index contributed by atoms with van der Waals surface area (Å²) in [6.07, 6.45) is 0. The van der Waals surface area contributed by atoms with Gasteiger partial charge < -0.3 is 9.13 Å². The van der Waals surface area contributed by atoms with Crippen LogP contribution in [0.4, 0.5) is 0 Å². The molecule has 0 N–H and O–H groups in total. The van der Waals surface area contributed by atoms with Crippen molar-refractivity contribution in [2.24, 2.45) is 0 Å². The Balaban J connectivity index is 5.08. The Morgan fingerprint density at radius 1 is 0.688 bits per heavy atom. The molecule has 16 heavy (non-hydrogen) atoms. The summed E-state index contributed by atoms with van der Waals surface area (Å²) in [6.45, 7) is 17.1. The molecule has 0 aromatic carbocycles. The van der Waals surface area contributed by atoms with Crippen LogP contribution in [0.25, 0.3) is 0 Å². The molecule has 0 aliphatic rings. The molecule has 0 bridgehead atoms. The maximum atomic E-state index is 6.90. The van der Waals surface area contributed by atoms with E-state index in [9.17, 15) is 0 Å². The predicted molar refractivity (Wildman–Crippen MR) is 80.8 cm³/mol. The third-order valence-corrected chi connectivity index (χ3v) is 24.7. The molecule has 98 valence electrons. The van der Waals surface area contributed by atoms with Crippen molar-refractivity contribution < 1.29 is 0 Å². The monoisotopic (exact) mass is 300 g/mol. The molecule has 0 amide bonds. The quantitative estimate of drug-likeness (QED) is 0.525. The van der Waals surface area contributed by atoms with E-state index >= 15 is 0 Å². The van der Waals surface area contributed by atoms with Gasteiger partial charge in [-0.3, -0.25) is 0 Å². The van der Waals surface area contributed by atoms with E-state index in [4.69, 9.17) is 22.2 Å². The number of hydrogen-bond acceptors (Lipinski definition) is 2. The fraction of sp³-hybridized carbons (Fsp3) is 1.00. The summed E-state index contributed by atoms with van der Waals surface area (Å²) in [5.74, 6) is 0. The van der Waals surface area contributed by atoms with Crippen LogP contribution in [0.1, 0.15) is 27.7 Å². The van der Waals surface area contributed by atoms with Gasteiger partial charge in [-0.2, -0.15) is 0 Å². The van der Waals surface area contributed by atoms with Gasteiger partial charge in [0.05, 0.1) is 0 Å². The topological polar surface area (TPSA) is 6.48 Å². The highest BCUT2D eigenvalue weighted by Crippen LogP contribution is 2.32. The maximum Gasteiger partial charge on any atom is 0.248 e. The minimum Gasteiger partial charge on any atom is -0.313 e. The number of halogens is 2. The fourth-order valence-electron chi connectivity index (χ4n) is 2.21. The molecule has 0 saturated heterocycles. The molecule has 0 heterocycles. The van der Waals surface area contributed by atoms with Gasteiger partial charge in [-0.25, -0.2) is 0 Å². The third-order valence-electron chi connectivity index (χ3n) is 3.55. The summed E-state index contributed by atoms with van der Waals surface area (Å²) in [6, 6.07) is 0. The standard InChI is InChI=1S/C10H26Cl2N2Si2/c1-7-13(8-2)15(5,11)16(6,12)14(9-3)10-4/h7-10H2,1-6H3. The van der Waals surface area contributed by atoms with E-state index in [-0.39, 0.29) is 0 Å². The van der Waals surface area contributed by atoms with Crippen LogP contribution in [0.15, 0.2) is 0 Å². The minimum absolute atomic E-state index is 0.999. The molecule has 0 fully saturated rings. The first-order chi connectivity index (χ1) is 7.29. The molecule has 0 rings (SSSR count).